The molecule has 0 aliphatic heterocycles. The number of hydrogen-bond acceptors (Lipinski definition) is 3. The molecular formula is C33H28BNO2. The Bertz CT molecular complexity index is 1590. The van der Waals surface area contributed by atoms with E-state index in [-0.39, 0.29) is 5.41 Å². The fourth-order valence-corrected chi connectivity index (χ4v) is 5.56. The maximum atomic E-state index is 9.90. The van der Waals surface area contributed by atoms with Gasteiger partial charge < -0.3 is 14.9 Å². The van der Waals surface area contributed by atoms with E-state index in [0.29, 0.717) is 5.46 Å². The summed E-state index contributed by atoms with van der Waals surface area (Å²) >= 11 is 0. The van der Waals surface area contributed by atoms with Gasteiger partial charge in [0, 0.05) is 22.5 Å². The van der Waals surface area contributed by atoms with E-state index in [1.165, 1.54) is 22.3 Å². The first-order chi connectivity index (χ1) is 17.9. The van der Waals surface area contributed by atoms with Crippen LogP contribution in [-0.2, 0) is 5.41 Å². The second-order valence-corrected chi connectivity index (χ2v) is 10.1. The molecule has 6 rings (SSSR count). The summed E-state index contributed by atoms with van der Waals surface area (Å²) < 4.78 is 0. The first-order valence-corrected chi connectivity index (χ1v) is 12.6. The Morgan fingerprint density at radius 1 is 0.541 bits per heavy atom. The molecule has 0 fully saturated rings. The molecule has 1 aliphatic rings. The number of fused-ring (bicyclic) bond motifs is 3. The Morgan fingerprint density at radius 2 is 1.16 bits per heavy atom. The summed E-state index contributed by atoms with van der Waals surface area (Å²) in [6.07, 6.45) is 0. The molecule has 3 nitrogen and oxygen atoms in total. The quantitative estimate of drug-likeness (QED) is 0.271. The van der Waals surface area contributed by atoms with Crippen LogP contribution in [0.15, 0.2) is 121 Å². The van der Waals surface area contributed by atoms with Crippen molar-refractivity contribution in [1.82, 2.24) is 0 Å². The van der Waals surface area contributed by atoms with Gasteiger partial charge in [-0.25, -0.2) is 0 Å². The third-order valence-corrected chi connectivity index (χ3v) is 7.46. The average molecular weight is 481 g/mol. The molecule has 0 amide bonds. The molecule has 2 N–H and O–H groups in total. The summed E-state index contributed by atoms with van der Waals surface area (Å²) in [5.74, 6) is 0. The molecule has 5 aromatic carbocycles. The second-order valence-electron chi connectivity index (χ2n) is 10.1. The van der Waals surface area contributed by atoms with E-state index >= 15 is 0 Å². The minimum Gasteiger partial charge on any atom is -0.423 e. The van der Waals surface area contributed by atoms with E-state index in [2.05, 4.69) is 97.6 Å². The molecule has 0 saturated carbocycles. The predicted octanol–water partition coefficient (Wildman–Crippen LogP) is 6.81. The molecule has 0 bridgehead atoms. The standard InChI is InChI=1S/C33H28BNO2/c1-33(2)31-17-7-6-16-29(31)30-19-18-28(22-32(30)33)35(27-15-9-13-25(21-27)34(36)37)26-14-8-12-24(20-26)23-10-4-3-5-11-23/h3-22,36-37H,1-2H3. The number of benzene rings is 5. The molecule has 5 aromatic rings. The van der Waals surface area contributed by atoms with Crippen LogP contribution in [0.2, 0.25) is 0 Å². The number of nitrogens with zero attached hydrogens (tertiary/aromatic N) is 1. The van der Waals surface area contributed by atoms with Crippen molar-refractivity contribution in [2.24, 2.45) is 0 Å². The summed E-state index contributed by atoms with van der Waals surface area (Å²) in [6, 6.07) is 41.6. The zero-order valence-electron chi connectivity index (χ0n) is 21.0. The zero-order chi connectivity index (χ0) is 25.6. The maximum Gasteiger partial charge on any atom is 0.488 e. The smallest absolute Gasteiger partial charge is 0.423 e. The summed E-state index contributed by atoms with van der Waals surface area (Å²) in [5, 5.41) is 19.8. The van der Waals surface area contributed by atoms with Gasteiger partial charge >= 0.3 is 7.12 Å². The SMILES string of the molecule is CC1(C)c2ccccc2-c2ccc(N(c3cccc(B(O)O)c3)c3cccc(-c4ccccc4)c3)cc21. The summed E-state index contributed by atoms with van der Waals surface area (Å²) in [6.45, 7) is 4.56. The van der Waals surface area contributed by atoms with Crippen molar-refractivity contribution in [1.29, 1.82) is 0 Å². The molecule has 0 saturated heterocycles. The first kappa shape index (κ1) is 23.3. The van der Waals surface area contributed by atoms with E-state index in [1.807, 2.05) is 36.4 Å². The van der Waals surface area contributed by atoms with E-state index in [4.69, 9.17) is 0 Å². The highest BCUT2D eigenvalue weighted by Crippen LogP contribution is 2.50. The Balaban J connectivity index is 1.54. The minimum absolute atomic E-state index is 0.122. The lowest BCUT2D eigenvalue weighted by atomic mass is 9.80. The van der Waals surface area contributed by atoms with Gasteiger partial charge in [-0.1, -0.05) is 98.8 Å². The summed E-state index contributed by atoms with van der Waals surface area (Å²) in [4.78, 5) is 2.19. The van der Waals surface area contributed by atoms with Gasteiger partial charge in [0.15, 0.2) is 0 Å². The van der Waals surface area contributed by atoms with Crippen molar-refractivity contribution >= 4 is 29.6 Å². The lowest BCUT2D eigenvalue weighted by Gasteiger charge is -2.29. The van der Waals surface area contributed by atoms with Crippen LogP contribution in [0.4, 0.5) is 17.1 Å². The Hall–Kier alpha value is -4.12. The normalized spacial score (nSPS) is 13.1. The van der Waals surface area contributed by atoms with Gasteiger partial charge in [0.1, 0.15) is 0 Å². The third-order valence-electron chi connectivity index (χ3n) is 7.46. The lowest BCUT2D eigenvalue weighted by Crippen LogP contribution is -2.30. The average Bonchev–Trinajstić information content (AvgIpc) is 3.16. The topological polar surface area (TPSA) is 43.7 Å². The van der Waals surface area contributed by atoms with Crippen LogP contribution in [0, 0.1) is 0 Å². The first-order valence-electron chi connectivity index (χ1n) is 12.6. The van der Waals surface area contributed by atoms with Gasteiger partial charge in [-0.2, -0.15) is 0 Å². The van der Waals surface area contributed by atoms with Crippen molar-refractivity contribution in [2.45, 2.75) is 19.3 Å². The van der Waals surface area contributed by atoms with Crippen molar-refractivity contribution in [3.05, 3.63) is 132 Å². The van der Waals surface area contributed by atoms with Crippen LogP contribution >= 0.6 is 0 Å². The molecule has 0 heterocycles. The molecular weight excluding hydrogens is 453 g/mol. The van der Waals surface area contributed by atoms with E-state index in [0.717, 1.165) is 28.2 Å². The molecule has 1 aliphatic carbocycles. The largest absolute Gasteiger partial charge is 0.488 e. The summed E-state index contributed by atoms with van der Waals surface area (Å²) in [7, 11) is -1.54. The van der Waals surface area contributed by atoms with Crippen molar-refractivity contribution in [2.75, 3.05) is 4.90 Å². The van der Waals surface area contributed by atoms with E-state index in [1.54, 1.807) is 6.07 Å². The monoisotopic (exact) mass is 481 g/mol. The lowest BCUT2D eigenvalue weighted by molar-refractivity contribution is 0.426. The molecule has 4 heteroatoms. The fraction of sp³-hybridized carbons (Fsp3) is 0.0909. The van der Waals surface area contributed by atoms with Gasteiger partial charge in [0.05, 0.1) is 0 Å². The predicted molar refractivity (Wildman–Crippen MR) is 154 cm³/mol. The highest BCUT2D eigenvalue weighted by atomic mass is 16.4. The molecule has 37 heavy (non-hydrogen) atoms. The van der Waals surface area contributed by atoms with Gasteiger partial charge in [-0.3, -0.25) is 0 Å². The van der Waals surface area contributed by atoms with Crippen LogP contribution in [0.5, 0.6) is 0 Å². The highest BCUT2D eigenvalue weighted by molar-refractivity contribution is 6.58. The second kappa shape index (κ2) is 9.08. The van der Waals surface area contributed by atoms with Crippen molar-refractivity contribution in [3.8, 4) is 22.3 Å². The molecule has 0 aromatic heterocycles. The van der Waals surface area contributed by atoms with E-state index in [9.17, 15) is 10.0 Å². The molecule has 0 radical (unpaired) electrons. The minimum atomic E-state index is -1.54. The molecule has 180 valence electrons. The number of anilines is 3. The molecule has 0 atom stereocenters. The zero-order valence-corrected chi connectivity index (χ0v) is 21.0. The highest BCUT2D eigenvalue weighted by Gasteiger charge is 2.35. The fourth-order valence-electron chi connectivity index (χ4n) is 5.56. The third kappa shape index (κ3) is 4.05. The maximum absolute atomic E-state index is 9.90. The van der Waals surface area contributed by atoms with Crippen LogP contribution in [-0.4, -0.2) is 17.2 Å². The molecule has 0 spiro atoms. The Labute approximate surface area is 218 Å². The van der Waals surface area contributed by atoms with Gasteiger partial charge in [0.2, 0.25) is 0 Å². The summed E-state index contributed by atoms with van der Waals surface area (Å²) in [5.41, 5.74) is 10.7. The van der Waals surface area contributed by atoms with Gasteiger partial charge in [-0.15, -0.1) is 0 Å². The van der Waals surface area contributed by atoms with Crippen LogP contribution in [0.1, 0.15) is 25.0 Å². The molecule has 0 unspecified atom stereocenters. The Kier molecular flexibility index (Phi) is 5.71. The Morgan fingerprint density at radius 3 is 1.95 bits per heavy atom. The van der Waals surface area contributed by atoms with Crippen molar-refractivity contribution < 1.29 is 10.0 Å². The number of rotatable bonds is 5. The number of hydrogen-bond donors (Lipinski definition) is 2. The van der Waals surface area contributed by atoms with Crippen LogP contribution < -0.4 is 10.4 Å². The van der Waals surface area contributed by atoms with Gasteiger partial charge in [0.25, 0.3) is 0 Å². The van der Waals surface area contributed by atoms with Gasteiger partial charge in [-0.05, 0) is 75.2 Å². The van der Waals surface area contributed by atoms with E-state index < -0.39 is 7.12 Å². The van der Waals surface area contributed by atoms with Crippen LogP contribution in [0.3, 0.4) is 0 Å². The van der Waals surface area contributed by atoms with Crippen LogP contribution in [0.25, 0.3) is 22.3 Å². The van der Waals surface area contributed by atoms with Crippen molar-refractivity contribution in [3.63, 3.8) is 0 Å².